The molecule has 1 amide bonds. The number of amides is 1. The number of nitrogens with one attached hydrogen (secondary N) is 1. The van der Waals surface area contributed by atoms with Crippen LogP contribution in [0.1, 0.15) is 26.3 Å². The summed E-state index contributed by atoms with van der Waals surface area (Å²) < 4.78 is 4.99. The second-order valence-electron chi connectivity index (χ2n) is 4.05. The van der Waals surface area contributed by atoms with Crippen molar-refractivity contribution in [1.82, 2.24) is 0 Å². The summed E-state index contributed by atoms with van der Waals surface area (Å²) in [5, 5.41) is 13.5. The van der Waals surface area contributed by atoms with Gasteiger partial charge in [0.1, 0.15) is 5.00 Å². The van der Waals surface area contributed by atoms with Gasteiger partial charge in [-0.25, -0.2) is 4.79 Å². The largest absolute Gasteiger partial charge is 0.478 e. The van der Waals surface area contributed by atoms with E-state index in [9.17, 15) is 9.59 Å². The van der Waals surface area contributed by atoms with Crippen LogP contribution >= 0.6 is 11.3 Å². The summed E-state index contributed by atoms with van der Waals surface area (Å²) in [4.78, 5) is 23.0. The molecule has 1 aromatic heterocycles. The van der Waals surface area contributed by atoms with E-state index in [-0.39, 0.29) is 11.5 Å². The maximum absolute atomic E-state index is 12.0. The van der Waals surface area contributed by atoms with Crippen LogP contribution in [0.15, 0.2) is 35.7 Å². The van der Waals surface area contributed by atoms with Crippen LogP contribution in [0.5, 0.6) is 0 Å². The first-order valence-corrected chi connectivity index (χ1v) is 6.70. The van der Waals surface area contributed by atoms with Gasteiger partial charge in [-0.1, -0.05) is 12.1 Å². The third-order valence-electron chi connectivity index (χ3n) is 2.65. The Morgan fingerprint density at radius 2 is 1.95 bits per heavy atom. The summed E-state index contributed by atoms with van der Waals surface area (Å²) >= 11 is 1.18. The van der Waals surface area contributed by atoms with Gasteiger partial charge in [0, 0.05) is 12.7 Å². The zero-order valence-corrected chi connectivity index (χ0v) is 11.6. The van der Waals surface area contributed by atoms with Crippen LogP contribution in [-0.2, 0) is 11.3 Å². The minimum Gasteiger partial charge on any atom is -0.478 e. The number of aromatic carboxylic acids is 1. The number of carbonyl (C=O) groups is 2. The average Bonchev–Trinajstić information content (AvgIpc) is 2.88. The lowest BCUT2D eigenvalue weighted by Crippen LogP contribution is -2.13. The number of ether oxygens (including phenoxy) is 1. The van der Waals surface area contributed by atoms with Gasteiger partial charge in [0.25, 0.3) is 5.91 Å². The highest BCUT2D eigenvalue weighted by molar-refractivity contribution is 7.14. The minimum absolute atomic E-state index is 0.0966. The molecule has 2 aromatic rings. The number of thiophene rings is 1. The third kappa shape index (κ3) is 3.23. The van der Waals surface area contributed by atoms with E-state index in [2.05, 4.69) is 5.32 Å². The number of rotatable bonds is 5. The Kier molecular flexibility index (Phi) is 4.49. The van der Waals surface area contributed by atoms with Gasteiger partial charge in [-0.15, -0.1) is 11.3 Å². The molecule has 5 nitrogen and oxygen atoms in total. The van der Waals surface area contributed by atoms with Crippen molar-refractivity contribution in [2.75, 3.05) is 12.4 Å². The first-order valence-electron chi connectivity index (χ1n) is 5.82. The van der Waals surface area contributed by atoms with E-state index in [1.807, 2.05) is 0 Å². The van der Waals surface area contributed by atoms with Gasteiger partial charge < -0.3 is 15.2 Å². The van der Waals surface area contributed by atoms with Crippen molar-refractivity contribution in [2.45, 2.75) is 6.61 Å². The topological polar surface area (TPSA) is 75.6 Å². The van der Waals surface area contributed by atoms with Gasteiger partial charge in [0.15, 0.2) is 0 Å². The predicted molar refractivity (Wildman–Crippen MR) is 76.4 cm³/mol. The second-order valence-corrected chi connectivity index (χ2v) is 4.97. The van der Waals surface area contributed by atoms with E-state index in [4.69, 9.17) is 9.84 Å². The van der Waals surface area contributed by atoms with Crippen LogP contribution in [0.2, 0.25) is 0 Å². The number of carboxylic acid groups (broad SMARTS) is 1. The summed E-state index contributed by atoms with van der Waals surface area (Å²) in [7, 11) is 1.60. The van der Waals surface area contributed by atoms with Gasteiger partial charge in [-0.2, -0.15) is 0 Å². The maximum atomic E-state index is 12.0. The van der Waals surface area contributed by atoms with Crippen molar-refractivity contribution in [3.05, 3.63) is 52.4 Å². The summed E-state index contributed by atoms with van der Waals surface area (Å²) in [5.74, 6) is -1.39. The second kappa shape index (κ2) is 6.31. The van der Waals surface area contributed by atoms with Crippen LogP contribution in [0.25, 0.3) is 0 Å². The maximum Gasteiger partial charge on any atom is 0.338 e. The molecule has 0 saturated heterocycles. The molecule has 2 N–H and O–H groups in total. The summed E-state index contributed by atoms with van der Waals surface area (Å²) in [6.07, 6.45) is 0. The van der Waals surface area contributed by atoms with Crippen LogP contribution in [0.3, 0.4) is 0 Å². The SMILES string of the molecule is COCc1ccc(C(=O)Nc2sccc2C(=O)O)cc1. The fourth-order valence-corrected chi connectivity index (χ4v) is 2.44. The first-order chi connectivity index (χ1) is 9.61. The highest BCUT2D eigenvalue weighted by Crippen LogP contribution is 2.23. The van der Waals surface area contributed by atoms with Crippen LogP contribution in [-0.4, -0.2) is 24.1 Å². The molecule has 0 saturated carbocycles. The normalized spacial score (nSPS) is 10.2. The molecule has 0 aliphatic heterocycles. The van der Waals surface area contributed by atoms with Crippen molar-refractivity contribution in [2.24, 2.45) is 0 Å². The average molecular weight is 291 g/mol. The molecule has 0 radical (unpaired) electrons. The van der Waals surface area contributed by atoms with Crippen molar-refractivity contribution >= 4 is 28.2 Å². The Hall–Kier alpha value is -2.18. The molecule has 0 fully saturated rings. The number of carbonyl (C=O) groups excluding carboxylic acids is 1. The number of hydrogen-bond acceptors (Lipinski definition) is 4. The minimum atomic E-state index is -1.06. The van der Waals surface area contributed by atoms with Gasteiger partial charge >= 0.3 is 5.97 Å². The molecule has 20 heavy (non-hydrogen) atoms. The Morgan fingerprint density at radius 1 is 1.25 bits per heavy atom. The zero-order chi connectivity index (χ0) is 14.5. The third-order valence-corrected chi connectivity index (χ3v) is 3.48. The number of hydrogen-bond donors (Lipinski definition) is 2. The molecule has 0 spiro atoms. The fraction of sp³-hybridized carbons (Fsp3) is 0.143. The lowest BCUT2D eigenvalue weighted by atomic mass is 10.1. The van der Waals surface area contributed by atoms with Crippen molar-refractivity contribution in [3.8, 4) is 0 Å². The van der Waals surface area contributed by atoms with Gasteiger partial charge in [-0.3, -0.25) is 4.79 Å². The Labute approximate surface area is 119 Å². The number of methoxy groups -OCH3 is 1. The van der Waals surface area contributed by atoms with Crippen LogP contribution in [0, 0.1) is 0 Å². The molecule has 6 heteroatoms. The monoisotopic (exact) mass is 291 g/mol. The van der Waals surface area contributed by atoms with Gasteiger partial charge in [-0.05, 0) is 29.1 Å². The summed E-state index contributed by atoms with van der Waals surface area (Å²) in [5.41, 5.74) is 1.53. The highest BCUT2D eigenvalue weighted by Gasteiger charge is 2.14. The van der Waals surface area contributed by atoms with Crippen LogP contribution in [0.4, 0.5) is 5.00 Å². The van der Waals surface area contributed by atoms with E-state index in [0.717, 1.165) is 5.56 Å². The lowest BCUT2D eigenvalue weighted by molar-refractivity contribution is 0.0698. The van der Waals surface area contributed by atoms with Gasteiger partial charge in [0.05, 0.1) is 12.2 Å². The first kappa shape index (κ1) is 14.2. The quantitative estimate of drug-likeness (QED) is 0.888. The molecule has 0 atom stereocenters. The number of carboxylic acids is 1. The summed E-state index contributed by atoms with van der Waals surface area (Å²) in [6.45, 7) is 0.482. The van der Waals surface area contributed by atoms with Crippen molar-refractivity contribution in [3.63, 3.8) is 0 Å². The Balaban J connectivity index is 2.11. The molecular weight excluding hydrogens is 278 g/mol. The molecular formula is C14H13NO4S. The smallest absolute Gasteiger partial charge is 0.338 e. The summed E-state index contributed by atoms with van der Waals surface area (Å²) in [6, 6.07) is 8.41. The number of benzene rings is 1. The fourth-order valence-electron chi connectivity index (χ4n) is 1.67. The zero-order valence-electron chi connectivity index (χ0n) is 10.8. The van der Waals surface area contributed by atoms with Crippen molar-refractivity contribution in [1.29, 1.82) is 0 Å². The van der Waals surface area contributed by atoms with E-state index < -0.39 is 5.97 Å². The molecule has 1 heterocycles. The predicted octanol–water partition coefficient (Wildman–Crippen LogP) is 2.85. The molecule has 1 aromatic carbocycles. The Bertz CT molecular complexity index is 618. The van der Waals surface area contributed by atoms with Crippen LogP contribution < -0.4 is 5.32 Å². The molecule has 0 unspecified atom stereocenters. The molecule has 104 valence electrons. The van der Waals surface area contributed by atoms with E-state index in [1.54, 1.807) is 36.8 Å². The highest BCUT2D eigenvalue weighted by atomic mass is 32.1. The van der Waals surface area contributed by atoms with Crippen molar-refractivity contribution < 1.29 is 19.4 Å². The molecule has 0 aliphatic carbocycles. The number of anilines is 1. The molecule has 0 bridgehead atoms. The molecule has 2 rings (SSSR count). The standard InChI is InChI=1S/C14H13NO4S/c1-19-8-9-2-4-10(5-3-9)12(16)15-13-11(14(17)18)6-7-20-13/h2-7H,8H2,1H3,(H,15,16)(H,17,18). The van der Waals surface area contributed by atoms with E-state index in [1.165, 1.54) is 17.4 Å². The van der Waals surface area contributed by atoms with Gasteiger partial charge in [0.2, 0.25) is 0 Å². The molecule has 0 aliphatic rings. The van der Waals surface area contributed by atoms with E-state index >= 15 is 0 Å². The Morgan fingerprint density at radius 3 is 2.55 bits per heavy atom. The lowest BCUT2D eigenvalue weighted by Gasteiger charge is -2.05. The van der Waals surface area contributed by atoms with E-state index in [0.29, 0.717) is 17.2 Å².